The lowest BCUT2D eigenvalue weighted by Crippen LogP contribution is -2.29. The number of pyridine rings is 1. The minimum atomic E-state index is -0.248. The maximum Gasteiger partial charge on any atom is 0.342 e. The third-order valence-electron chi connectivity index (χ3n) is 4.89. The zero-order valence-corrected chi connectivity index (χ0v) is 16.4. The highest BCUT2D eigenvalue weighted by atomic mass is 35.5. The number of aromatic nitrogens is 4. The standard InChI is InChI=1S/C21H20ClN5O/c1-13-19(10-16-12-24-20-18(16)4-3-9-23-20)14(2)27(26-13)21(28)25-11-15-5-7-17(22)8-6-15/h3-9,12H,10-11H2,1-2H3,(H,23,24)(H,25,28). The van der Waals surface area contributed by atoms with Crippen LogP contribution in [0.5, 0.6) is 0 Å². The van der Waals surface area contributed by atoms with Crippen LogP contribution in [0.3, 0.4) is 0 Å². The molecule has 4 aromatic rings. The summed E-state index contributed by atoms with van der Waals surface area (Å²) in [5.41, 5.74) is 5.70. The third kappa shape index (κ3) is 3.51. The number of rotatable bonds is 4. The second-order valence-electron chi connectivity index (χ2n) is 6.74. The first-order valence-electron chi connectivity index (χ1n) is 9.01. The van der Waals surface area contributed by atoms with E-state index in [9.17, 15) is 4.79 Å². The van der Waals surface area contributed by atoms with Crippen LogP contribution in [-0.2, 0) is 13.0 Å². The summed E-state index contributed by atoms with van der Waals surface area (Å²) in [5.74, 6) is 0. The van der Waals surface area contributed by atoms with E-state index in [1.807, 2.05) is 44.3 Å². The van der Waals surface area contributed by atoms with E-state index in [1.54, 1.807) is 18.3 Å². The molecule has 0 fully saturated rings. The van der Waals surface area contributed by atoms with Crippen molar-refractivity contribution in [3.8, 4) is 0 Å². The monoisotopic (exact) mass is 393 g/mol. The number of hydrogen-bond acceptors (Lipinski definition) is 3. The van der Waals surface area contributed by atoms with Crippen molar-refractivity contribution >= 4 is 28.7 Å². The minimum Gasteiger partial charge on any atom is -0.346 e. The fourth-order valence-electron chi connectivity index (χ4n) is 3.33. The van der Waals surface area contributed by atoms with Gasteiger partial charge < -0.3 is 10.3 Å². The lowest BCUT2D eigenvalue weighted by atomic mass is 10.0. The molecule has 0 bridgehead atoms. The van der Waals surface area contributed by atoms with Crippen LogP contribution in [-0.4, -0.2) is 25.8 Å². The molecular formula is C21H20ClN5O. The Labute approximate surface area is 167 Å². The number of benzene rings is 1. The molecule has 6 nitrogen and oxygen atoms in total. The van der Waals surface area contributed by atoms with Gasteiger partial charge in [0, 0.05) is 47.0 Å². The number of fused-ring (bicyclic) bond motifs is 1. The molecule has 28 heavy (non-hydrogen) atoms. The van der Waals surface area contributed by atoms with Crippen molar-refractivity contribution in [1.82, 2.24) is 25.1 Å². The number of hydrogen-bond donors (Lipinski definition) is 2. The largest absolute Gasteiger partial charge is 0.346 e. The summed E-state index contributed by atoms with van der Waals surface area (Å²) in [7, 11) is 0. The number of carbonyl (C=O) groups excluding carboxylic acids is 1. The summed E-state index contributed by atoms with van der Waals surface area (Å²) in [6.45, 7) is 4.26. The van der Waals surface area contributed by atoms with Crippen LogP contribution in [0.4, 0.5) is 4.79 Å². The molecule has 3 aromatic heterocycles. The molecule has 4 rings (SSSR count). The predicted molar refractivity (Wildman–Crippen MR) is 110 cm³/mol. The van der Waals surface area contributed by atoms with Gasteiger partial charge in [-0.2, -0.15) is 9.78 Å². The van der Waals surface area contributed by atoms with E-state index in [0.29, 0.717) is 18.0 Å². The number of aryl methyl sites for hydroxylation is 1. The van der Waals surface area contributed by atoms with Gasteiger partial charge in [0.2, 0.25) is 0 Å². The van der Waals surface area contributed by atoms with Gasteiger partial charge in [0.25, 0.3) is 0 Å². The zero-order valence-electron chi connectivity index (χ0n) is 15.7. The summed E-state index contributed by atoms with van der Waals surface area (Å²) >= 11 is 5.90. The molecule has 1 amide bonds. The van der Waals surface area contributed by atoms with Crippen molar-refractivity contribution in [3.05, 3.63) is 81.9 Å². The van der Waals surface area contributed by atoms with Crippen molar-refractivity contribution in [2.75, 3.05) is 0 Å². The van der Waals surface area contributed by atoms with Crippen LogP contribution in [0.25, 0.3) is 11.0 Å². The average molecular weight is 394 g/mol. The number of halogens is 1. The maximum atomic E-state index is 12.6. The highest BCUT2D eigenvalue weighted by Crippen LogP contribution is 2.23. The van der Waals surface area contributed by atoms with Gasteiger partial charge in [-0.05, 0) is 49.2 Å². The Morgan fingerprint density at radius 1 is 1.21 bits per heavy atom. The fourth-order valence-corrected chi connectivity index (χ4v) is 3.46. The van der Waals surface area contributed by atoms with Crippen molar-refractivity contribution in [2.24, 2.45) is 0 Å². The SMILES string of the molecule is Cc1nn(C(=O)NCc2ccc(Cl)cc2)c(C)c1Cc1c[nH]c2ncccc12. The van der Waals surface area contributed by atoms with Crippen molar-refractivity contribution < 1.29 is 4.79 Å². The van der Waals surface area contributed by atoms with Crippen LogP contribution in [0.2, 0.25) is 5.02 Å². The number of amides is 1. The Kier molecular flexibility index (Phi) is 4.88. The van der Waals surface area contributed by atoms with Gasteiger partial charge in [-0.15, -0.1) is 0 Å². The first-order chi connectivity index (χ1) is 13.5. The molecule has 3 heterocycles. The molecule has 0 spiro atoms. The predicted octanol–water partition coefficient (Wildman–Crippen LogP) is 4.38. The molecule has 1 aromatic carbocycles. The van der Waals surface area contributed by atoms with E-state index in [4.69, 9.17) is 11.6 Å². The summed E-state index contributed by atoms with van der Waals surface area (Å²) in [6.07, 6.45) is 4.42. The van der Waals surface area contributed by atoms with Gasteiger partial charge in [0.05, 0.1) is 5.69 Å². The van der Waals surface area contributed by atoms with Crippen LogP contribution in [0.15, 0.2) is 48.8 Å². The van der Waals surface area contributed by atoms with E-state index < -0.39 is 0 Å². The highest BCUT2D eigenvalue weighted by molar-refractivity contribution is 6.30. The lowest BCUT2D eigenvalue weighted by Gasteiger charge is -2.07. The van der Waals surface area contributed by atoms with Crippen molar-refractivity contribution in [2.45, 2.75) is 26.8 Å². The third-order valence-corrected chi connectivity index (χ3v) is 5.15. The summed E-state index contributed by atoms with van der Waals surface area (Å²) in [6, 6.07) is 11.1. The molecule has 7 heteroatoms. The Bertz CT molecular complexity index is 1140. The smallest absolute Gasteiger partial charge is 0.342 e. The van der Waals surface area contributed by atoms with Crippen LogP contribution < -0.4 is 5.32 Å². The van der Waals surface area contributed by atoms with Crippen molar-refractivity contribution in [3.63, 3.8) is 0 Å². The number of nitrogens with zero attached hydrogens (tertiary/aromatic N) is 3. The first kappa shape index (κ1) is 18.3. The lowest BCUT2D eigenvalue weighted by molar-refractivity contribution is 0.238. The van der Waals surface area contributed by atoms with Gasteiger partial charge in [-0.25, -0.2) is 9.78 Å². The molecule has 0 unspecified atom stereocenters. The Balaban J connectivity index is 1.53. The topological polar surface area (TPSA) is 75.6 Å². The minimum absolute atomic E-state index is 0.248. The van der Waals surface area contributed by atoms with Crippen LogP contribution in [0, 0.1) is 13.8 Å². The molecule has 0 aliphatic rings. The highest BCUT2D eigenvalue weighted by Gasteiger charge is 2.18. The number of aromatic amines is 1. The van der Waals surface area contributed by atoms with E-state index in [2.05, 4.69) is 20.4 Å². The van der Waals surface area contributed by atoms with Gasteiger partial charge in [-0.3, -0.25) is 0 Å². The fraction of sp³-hybridized carbons (Fsp3) is 0.190. The molecular weight excluding hydrogens is 374 g/mol. The number of carbonyl (C=O) groups is 1. The Hall–Kier alpha value is -3.12. The second kappa shape index (κ2) is 7.48. The van der Waals surface area contributed by atoms with E-state index >= 15 is 0 Å². The molecule has 0 saturated heterocycles. The molecule has 0 radical (unpaired) electrons. The van der Waals surface area contributed by atoms with E-state index in [0.717, 1.165) is 39.1 Å². The summed E-state index contributed by atoms with van der Waals surface area (Å²) in [5, 5.41) is 9.12. The quantitative estimate of drug-likeness (QED) is 0.540. The molecule has 142 valence electrons. The zero-order chi connectivity index (χ0) is 19.7. The number of nitrogens with one attached hydrogen (secondary N) is 2. The summed E-state index contributed by atoms with van der Waals surface area (Å²) in [4.78, 5) is 20.2. The van der Waals surface area contributed by atoms with Crippen LogP contribution >= 0.6 is 11.6 Å². The van der Waals surface area contributed by atoms with Gasteiger partial charge in [0.15, 0.2) is 0 Å². The average Bonchev–Trinajstić information content (AvgIpc) is 3.23. The normalized spacial score (nSPS) is 11.1. The Morgan fingerprint density at radius 3 is 2.79 bits per heavy atom. The van der Waals surface area contributed by atoms with E-state index in [1.165, 1.54) is 4.68 Å². The Morgan fingerprint density at radius 2 is 2.00 bits per heavy atom. The van der Waals surface area contributed by atoms with Gasteiger partial charge >= 0.3 is 6.03 Å². The van der Waals surface area contributed by atoms with Gasteiger partial charge in [0.1, 0.15) is 5.65 Å². The molecule has 0 aliphatic carbocycles. The van der Waals surface area contributed by atoms with Crippen molar-refractivity contribution in [1.29, 1.82) is 0 Å². The van der Waals surface area contributed by atoms with Gasteiger partial charge in [-0.1, -0.05) is 23.7 Å². The molecule has 0 atom stereocenters. The molecule has 0 saturated carbocycles. The maximum absolute atomic E-state index is 12.6. The second-order valence-corrected chi connectivity index (χ2v) is 7.17. The van der Waals surface area contributed by atoms with Crippen LogP contribution in [0.1, 0.15) is 28.1 Å². The van der Waals surface area contributed by atoms with E-state index in [-0.39, 0.29) is 6.03 Å². The summed E-state index contributed by atoms with van der Waals surface area (Å²) < 4.78 is 1.44. The number of H-pyrrole nitrogens is 1. The first-order valence-corrected chi connectivity index (χ1v) is 9.39. The molecule has 0 aliphatic heterocycles. The molecule has 2 N–H and O–H groups in total.